The Hall–Kier alpha value is -2.43. The van der Waals surface area contributed by atoms with Crippen LogP contribution in [0.15, 0.2) is 36.4 Å². The van der Waals surface area contributed by atoms with Gasteiger partial charge < -0.3 is 10.1 Å². The van der Waals surface area contributed by atoms with Crippen LogP contribution in [0.5, 0.6) is 0 Å². The maximum absolute atomic E-state index is 13.5. The van der Waals surface area contributed by atoms with E-state index in [1.54, 1.807) is 6.92 Å². The number of carbonyl (C=O) groups excluding carboxylic acids is 3. The number of aryl methyl sites for hydroxylation is 1. The van der Waals surface area contributed by atoms with Crippen molar-refractivity contribution >= 4 is 69.6 Å². The normalized spacial score (nSPS) is 17.6. The molecule has 1 aliphatic rings. The number of aromatic nitrogens is 1. The maximum Gasteiger partial charge on any atom is 0.325 e. The van der Waals surface area contributed by atoms with Crippen LogP contribution in [0.25, 0.3) is 17.0 Å². The molecule has 2 aromatic rings. The fraction of sp³-hybridized carbons (Fsp3) is 0.576. The van der Waals surface area contributed by atoms with Gasteiger partial charge in [0, 0.05) is 24.2 Å². The number of halogens is 3. The highest BCUT2D eigenvalue weighted by Crippen LogP contribution is 2.27. The van der Waals surface area contributed by atoms with Crippen molar-refractivity contribution in [1.29, 1.82) is 0 Å². The molecule has 2 amide bonds. The maximum atomic E-state index is 13.5. The van der Waals surface area contributed by atoms with Gasteiger partial charge in [-0.05, 0) is 62.3 Å². The van der Waals surface area contributed by atoms with Crippen molar-refractivity contribution in [3.8, 4) is 0 Å². The minimum atomic E-state index is -1.72. The summed E-state index contributed by atoms with van der Waals surface area (Å²) < 4.78 is 3.35. The zero-order valence-electron chi connectivity index (χ0n) is 27.2. The number of rotatable bonds is 12. The highest BCUT2D eigenvalue weighted by molar-refractivity contribution is 6.67. The topological polar surface area (TPSA) is 104 Å². The third kappa shape index (κ3) is 11.1. The molecule has 3 rings (SSSR count). The van der Waals surface area contributed by atoms with Crippen LogP contribution in [0.2, 0.25) is 0 Å². The van der Waals surface area contributed by atoms with Gasteiger partial charge in [0.2, 0.25) is 9.70 Å². The molecule has 3 atom stereocenters. The number of esters is 1. The number of amides is 2. The quantitative estimate of drug-likeness (QED) is 0.219. The lowest BCUT2D eigenvalue weighted by Crippen LogP contribution is -2.61. The summed E-state index contributed by atoms with van der Waals surface area (Å²) >= 11 is 17.0. The number of hydrazine groups is 1. The summed E-state index contributed by atoms with van der Waals surface area (Å²) in [5.41, 5.74) is 5.75. The Balaban J connectivity index is 1.61. The van der Waals surface area contributed by atoms with E-state index in [9.17, 15) is 14.4 Å². The van der Waals surface area contributed by atoms with Crippen LogP contribution in [-0.2, 0) is 25.5 Å². The average Bonchev–Trinajstić information content (AvgIpc) is 2.97. The lowest BCUT2D eigenvalue weighted by atomic mass is 9.89. The molecule has 0 aliphatic carbocycles. The highest BCUT2D eigenvalue weighted by Gasteiger charge is 2.35. The largest absolute Gasteiger partial charge is 0.460 e. The predicted octanol–water partition coefficient (Wildman–Crippen LogP) is 5.71. The number of nitrogens with zero attached hydrogens (tertiary/aromatic N) is 3. The van der Waals surface area contributed by atoms with E-state index < -0.39 is 34.5 Å². The Kier molecular flexibility index (Phi) is 13.1. The molecule has 1 aromatic carbocycles. The van der Waals surface area contributed by atoms with Crippen molar-refractivity contribution in [3.05, 3.63) is 47.7 Å². The number of benzene rings is 1. The van der Waals surface area contributed by atoms with E-state index in [1.165, 1.54) is 5.01 Å². The number of hydrogen-bond acceptors (Lipinski definition) is 7. The lowest BCUT2D eigenvalue weighted by Gasteiger charge is -2.37. The fourth-order valence-corrected chi connectivity index (χ4v) is 5.73. The zero-order valence-corrected chi connectivity index (χ0v) is 29.5. The van der Waals surface area contributed by atoms with Gasteiger partial charge in [0.25, 0.3) is 5.91 Å². The molecule has 2 N–H and O–H groups in total. The Morgan fingerprint density at radius 2 is 1.87 bits per heavy atom. The van der Waals surface area contributed by atoms with Gasteiger partial charge in [-0.25, -0.2) is 5.43 Å². The van der Waals surface area contributed by atoms with Crippen LogP contribution in [0.4, 0.5) is 0 Å². The molecule has 9 nitrogen and oxygen atoms in total. The molecule has 45 heavy (non-hydrogen) atoms. The zero-order chi connectivity index (χ0) is 33.5. The van der Waals surface area contributed by atoms with E-state index >= 15 is 0 Å². The number of pyridine rings is 1. The predicted molar refractivity (Wildman–Crippen MR) is 182 cm³/mol. The standard InChI is InChI=1S/C33H46Cl3N5O4/c1-8-25-14-13-24-12-11-23(18-27(24)38-25)15-16-32(5,6)19-40(7)28(21(2)3)29(42)37-22(4)30(43)41-17-9-10-26(39-41)31(44)45-20-33(34,35)36/h11-16,18,21-22,26,28,39H,8-10,17,19-20H2,1-7H3,(H,37,42)/b16-15+. The molecule has 0 spiro atoms. The summed E-state index contributed by atoms with van der Waals surface area (Å²) in [5, 5.41) is 5.35. The van der Waals surface area contributed by atoms with E-state index in [2.05, 4.69) is 74.0 Å². The fourth-order valence-electron chi connectivity index (χ4n) is 5.57. The number of likely N-dealkylation sites (N-methyl/N-ethyl adjacent to an activating group) is 1. The van der Waals surface area contributed by atoms with Crippen LogP contribution < -0.4 is 10.7 Å². The van der Waals surface area contributed by atoms with Crippen molar-refractivity contribution in [2.45, 2.75) is 82.7 Å². The first kappa shape index (κ1) is 37.0. The van der Waals surface area contributed by atoms with E-state index in [-0.39, 0.29) is 23.1 Å². The van der Waals surface area contributed by atoms with E-state index in [0.29, 0.717) is 25.9 Å². The van der Waals surface area contributed by atoms with Gasteiger partial charge >= 0.3 is 5.97 Å². The van der Waals surface area contributed by atoms with Crippen LogP contribution in [0.3, 0.4) is 0 Å². The van der Waals surface area contributed by atoms with Gasteiger partial charge in [0.05, 0.1) is 11.6 Å². The molecular weight excluding hydrogens is 637 g/mol. The van der Waals surface area contributed by atoms with Crippen LogP contribution in [0, 0.1) is 11.3 Å². The molecule has 1 saturated heterocycles. The minimum absolute atomic E-state index is 0.0124. The van der Waals surface area contributed by atoms with Gasteiger partial charge in [0.15, 0.2) is 0 Å². The molecule has 12 heteroatoms. The summed E-state index contributed by atoms with van der Waals surface area (Å²) in [5.74, 6) is -1.22. The third-order valence-corrected chi connectivity index (χ3v) is 8.07. The second-order valence-electron chi connectivity index (χ2n) is 12.8. The van der Waals surface area contributed by atoms with E-state index in [4.69, 9.17) is 44.5 Å². The highest BCUT2D eigenvalue weighted by atomic mass is 35.6. The first-order chi connectivity index (χ1) is 21.0. The Morgan fingerprint density at radius 1 is 1.18 bits per heavy atom. The molecule has 0 saturated carbocycles. The number of fused-ring (bicyclic) bond motifs is 1. The monoisotopic (exact) mass is 681 g/mol. The smallest absolute Gasteiger partial charge is 0.325 e. The van der Waals surface area contributed by atoms with Gasteiger partial charge in [-0.15, -0.1) is 0 Å². The van der Waals surface area contributed by atoms with Gasteiger partial charge in [-0.2, -0.15) is 0 Å². The van der Waals surface area contributed by atoms with Crippen molar-refractivity contribution in [1.82, 2.24) is 25.6 Å². The molecule has 3 unspecified atom stereocenters. The molecule has 1 aromatic heterocycles. The van der Waals surface area contributed by atoms with Crippen molar-refractivity contribution in [2.24, 2.45) is 11.3 Å². The molecule has 1 aliphatic heterocycles. The number of alkyl halides is 3. The molecule has 0 bridgehead atoms. The van der Waals surface area contributed by atoms with Crippen molar-refractivity contribution in [3.63, 3.8) is 0 Å². The second-order valence-corrected chi connectivity index (χ2v) is 15.3. The molecule has 1 fully saturated rings. The number of hydrogen-bond donors (Lipinski definition) is 2. The Bertz CT molecular complexity index is 1380. The van der Waals surface area contributed by atoms with E-state index in [0.717, 1.165) is 28.6 Å². The van der Waals surface area contributed by atoms with Crippen molar-refractivity contribution < 1.29 is 19.1 Å². The summed E-state index contributed by atoms with van der Waals surface area (Å²) in [7, 11) is 1.93. The van der Waals surface area contributed by atoms with E-state index in [1.807, 2.05) is 25.8 Å². The number of nitrogens with one attached hydrogen (secondary N) is 2. The summed E-state index contributed by atoms with van der Waals surface area (Å²) in [6.45, 7) is 12.6. The van der Waals surface area contributed by atoms with Gasteiger partial charge in [-0.3, -0.25) is 29.3 Å². The number of carbonyl (C=O) groups is 3. The van der Waals surface area contributed by atoms with Gasteiger partial charge in [0.1, 0.15) is 18.7 Å². The summed E-state index contributed by atoms with van der Waals surface area (Å²) in [6.07, 6.45) is 6.19. The molecule has 0 radical (unpaired) electrons. The molecule has 2 heterocycles. The molecular formula is C33H46Cl3N5O4. The Morgan fingerprint density at radius 3 is 2.51 bits per heavy atom. The van der Waals surface area contributed by atoms with Crippen LogP contribution in [0.1, 0.15) is 65.6 Å². The molecule has 248 valence electrons. The van der Waals surface area contributed by atoms with Crippen LogP contribution >= 0.6 is 34.8 Å². The first-order valence-corrected chi connectivity index (χ1v) is 16.5. The summed E-state index contributed by atoms with van der Waals surface area (Å²) in [4.78, 5) is 46.0. The SMILES string of the molecule is CCc1ccc2ccc(/C=C/C(C)(C)CN(C)C(C(=O)NC(C)C(=O)N3CCCC(C(=O)OCC(Cl)(Cl)Cl)N3)C(C)C)cc2n1. The van der Waals surface area contributed by atoms with Gasteiger partial charge in [-0.1, -0.05) is 99.8 Å². The first-order valence-electron chi connectivity index (χ1n) is 15.4. The number of ether oxygens (including phenoxy) is 1. The minimum Gasteiger partial charge on any atom is -0.460 e. The summed E-state index contributed by atoms with van der Waals surface area (Å²) in [6, 6.07) is 8.38. The third-order valence-electron chi connectivity index (χ3n) is 7.74. The Labute approximate surface area is 281 Å². The average molecular weight is 683 g/mol. The lowest BCUT2D eigenvalue weighted by molar-refractivity contribution is -0.153. The second kappa shape index (κ2) is 15.9. The van der Waals surface area contributed by atoms with Crippen LogP contribution in [-0.4, -0.2) is 81.3 Å². The van der Waals surface area contributed by atoms with Crippen molar-refractivity contribution in [2.75, 3.05) is 26.7 Å².